The molecule has 1 heterocycles. The summed E-state index contributed by atoms with van der Waals surface area (Å²) >= 11 is 1.47. The van der Waals surface area contributed by atoms with Crippen LogP contribution >= 0.6 is 11.8 Å². The van der Waals surface area contributed by atoms with Crippen LogP contribution in [-0.2, 0) is 4.79 Å². The van der Waals surface area contributed by atoms with E-state index in [1.165, 1.54) is 16.7 Å². The molecule has 0 bridgehead atoms. The van der Waals surface area contributed by atoms with Gasteiger partial charge in [-0.3, -0.25) is 4.79 Å². The van der Waals surface area contributed by atoms with Gasteiger partial charge < -0.3 is 10.6 Å². The number of carbonyl (C=O) groups is 1. The molecule has 1 aliphatic rings. The Bertz CT molecular complexity index is 424. The molecule has 0 fully saturated rings. The number of hydrogen-bond donors (Lipinski definition) is 1. The number of alkyl halides is 1. The van der Waals surface area contributed by atoms with Gasteiger partial charge in [-0.25, -0.2) is 4.39 Å². The van der Waals surface area contributed by atoms with E-state index >= 15 is 0 Å². The Morgan fingerprint density at radius 2 is 2.31 bits per heavy atom. The van der Waals surface area contributed by atoms with Crippen LogP contribution in [0.25, 0.3) is 0 Å². The molecule has 2 N–H and O–H groups in total. The molecule has 1 aromatic carbocycles. The normalized spacial score (nSPS) is 19.8. The van der Waals surface area contributed by atoms with E-state index in [9.17, 15) is 9.18 Å². The molecule has 1 aromatic rings. The molecule has 16 heavy (non-hydrogen) atoms. The van der Waals surface area contributed by atoms with Gasteiger partial charge in [0.2, 0.25) is 5.91 Å². The van der Waals surface area contributed by atoms with Crippen molar-refractivity contribution in [2.45, 2.75) is 17.1 Å². The summed E-state index contributed by atoms with van der Waals surface area (Å²) in [4.78, 5) is 14.3. The third-order valence-electron chi connectivity index (χ3n) is 2.50. The molecule has 2 rings (SSSR count). The minimum Gasteiger partial charge on any atom is -0.399 e. The summed E-state index contributed by atoms with van der Waals surface area (Å²) in [6.45, 7) is 1.40. The lowest BCUT2D eigenvalue weighted by Crippen LogP contribution is -2.41. The van der Waals surface area contributed by atoms with Crippen LogP contribution < -0.4 is 10.6 Å². The van der Waals surface area contributed by atoms with E-state index in [1.807, 2.05) is 13.0 Å². The van der Waals surface area contributed by atoms with E-state index in [0.717, 1.165) is 10.6 Å². The van der Waals surface area contributed by atoms with E-state index < -0.39 is 6.67 Å². The topological polar surface area (TPSA) is 46.3 Å². The van der Waals surface area contributed by atoms with Gasteiger partial charge in [0.25, 0.3) is 0 Å². The molecule has 0 saturated carbocycles. The van der Waals surface area contributed by atoms with Crippen molar-refractivity contribution in [2.75, 3.05) is 23.9 Å². The summed E-state index contributed by atoms with van der Waals surface area (Å²) in [7, 11) is 0. The van der Waals surface area contributed by atoms with E-state index in [0.29, 0.717) is 5.69 Å². The highest BCUT2D eigenvalue weighted by molar-refractivity contribution is 8.01. The Morgan fingerprint density at radius 3 is 3.00 bits per heavy atom. The maximum atomic E-state index is 12.4. The van der Waals surface area contributed by atoms with E-state index in [2.05, 4.69) is 0 Å². The predicted molar refractivity (Wildman–Crippen MR) is 64.5 cm³/mol. The van der Waals surface area contributed by atoms with Crippen LogP contribution in [0.5, 0.6) is 0 Å². The summed E-state index contributed by atoms with van der Waals surface area (Å²) in [5.74, 6) is -0.0417. The average Bonchev–Trinajstić information content (AvgIpc) is 2.24. The Labute approximate surface area is 97.8 Å². The lowest BCUT2D eigenvalue weighted by molar-refractivity contribution is -0.118. The fraction of sp³-hybridized carbons (Fsp3) is 0.364. The summed E-state index contributed by atoms with van der Waals surface area (Å²) < 4.78 is 12.4. The van der Waals surface area contributed by atoms with Crippen LogP contribution in [0.1, 0.15) is 6.92 Å². The van der Waals surface area contributed by atoms with Crippen LogP contribution in [0.3, 0.4) is 0 Å². The zero-order valence-electron chi connectivity index (χ0n) is 8.94. The first kappa shape index (κ1) is 11.3. The molecule has 1 amide bonds. The maximum Gasteiger partial charge on any atom is 0.240 e. The van der Waals surface area contributed by atoms with Crippen molar-refractivity contribution in [3.05, 3.63) is 18.2 Å². The van der Waals surface area contributed by atoms with Crippen LogP contribution in [0, 0.1) is 0 Å². The Kier molecular flexibility index (Phi) is 3.05. The quantitative estimate of drug-likeness (QED) is 0.805. The first-order valence-electron chi connectivity index (χ1n) is 5.07. The minimum atomic E-state index is -0.535. The smallest absolute Gasteiger partial charge is 0.240 e. The van der Waals surface area contributed by atoms with Crippen molar-refractivity contribution >= 4 is 29.0 Å². The molecular formula is C11H13FN2OS. The van der Waals surface area contributed by atoms with Crippen molar-refractivity contribution in [3.63, 3.8) is 0 Å². The number of nitrogens with zero attached hydrogens (tertiary/aromatic N) is 1. The molecule has 0 radical (unpaired) electrons. The number of carbonyl (C=O) groups excluding carboxylic acids is 1. The maximum absolute atomic E-state index is 12.4. The monoisotopic (exact) mass is 240 g/mol. The molecule has 1 aliphatic heterocycles. The molecule has 86 valence electrons. The average molecular weight is 240 g/mol. The molecule has 0 aliphatic carbocycles. The molecule has 5 heteroatoms. The van der Waals surface area contributed by atoms with Crippen LogP contribution in [0.2, 0.25) is 0 Å². The largest absolute Gasteiger partial charge is 0.399 e. The van der Waals surface area contributed by atoms with Gasteiger partial charge in [-0.1, -0.05) is 0 Å². The first-order valence-corrected chi connectivity index (χ1v) is 5.95. The van der Waals surface area contributed by atoms with Crippen molar-refractivity contribution in [3.8, 4) is 0 Å². The Balaban J connectivity index is 2.43. The summed E-state index contributed by atoms with van der Waals surface area (Å²) in [5, 5.41) is -0.180. The first-order chi connectivity index (χ1) is 7.63. The van der Waals surface area contributed by atoms with Gasteiger partial charge >= 0.3 is 0 Å². The lowest BCUT2D eigenvalue weighted by Gasteiger charge is -2.31. The van der Waals surface area contributed by atoms with Crippen molar-refractivity contribution < 1.29 is 9.18 Å². The van der Waals surface area contributed by atoms with E-state index in [4.69, 9.17) is 5.73 Å². The van der Waals surface area contributed by atoms with Gasteiger partial charge in [0.15, 0.2) is 0 Å². The van der Waals surface area contributed by atoms with Gasteiger partial charge in [0.1, 0.15) is 6.67 Å². The second kappa shape index (κ2) is 4.33. The van der Waals surface area contributed by atoms with Crippen molar-refractivity contribution in [1.29, 1.82) is 0 Å². The van der Waals surface area contributed by atoms with Gasteiger partial charge in [0.05, 0.1) is 17.5 Å². The SMILES string of the molecule is CC1Sc2cc(N)ccc2N(CCF)C1=O. The highest BCUT2D eigenvalue weighted by atomic mass is 32.2. The molecule has 1 atom stereocenters. The second-order valence-electron chi connectivity index (χ2n) is 3.67. The number of nitrogens with two attached hydrogens (primary N) is 1. The molecular weight excluding hydrogens is 227 g/mol. The predicted octanol–water partition coefficient (Wildman–Crippen LogP) is 2.07. The number of anilines is 2. The third kappa shape index (κ3) is 1.87. The zero-order valence-corrected chi connectivity index (χ0v) is 9.76. The van der Waals surface area contributed by atoms with Gasteiger partial charge in [0, 0.05) is 10.6 Å². The number of thioether (sulfide) groups is 1. The number of nitrogen functional groups attached to an aromatic ring is 1. The van der Waals surface area contributed by atoms with Crippen LogP contribution in [0.4, 0.5) is 15.8 Å². The van der Waals surface area contributed by atoms with Gasteiger partial charge in [-0.2, -0.15) is 0 Å². The fourth-order valence-electron chi connectivity index (χ4n) is 1.74. The Hall–Kier alpha value is -1.23. The lowest BCUT2D eigenvalue weighted by atomic mass is 10.2. The Morgan fingerprint density at radius 1 is 1.56 bits per heavy atom. The van der Waals surface area contributed by atoms with Crippen LogP contribution in [0.15, 0.2) is 23.1 Å². The molecule has 0 aromatic heterocycles. The van der Waals surface area contributed by atoms with E-state index in [1.54, 1.807) is 12.1 Å². The molecule has 0 saturated heterocycles. The highest BCUT2D eigenvalue weighted by Gasteiger charge is 2.30. The number of amides is 1. The van der Waals surface area contributed by atoms with Gasteiger partial charge in [-0.15, -0.1) is 11.8 Å². The van der Waals surface area contributed by atoms with Crippen LogP contribution in [-0.4, -0.2) is 24.4 Å². The third-order valence-corrected chi connectivity index (χ3v) is 3.64. The molecule has 1 unspecified atom stereocenters. The summed E-state index contributed by atoms with van der Waals surface area (Å²) in [6, 6.07) is 5.33. The number of halogens is 1. The fourth-order valence-corrected chi connectivity index (χ4v) is 2.85. The molecule has 3 nitrogen and oxygen atoms in total. The highest BCUT2D eigenvalue weighted by Crippen LogP contribution is 2.39. The van der Waals surface area contributed by atoms with Crippen molar-refractivity contribution in [1.82, 2.24) is 0 Å². The second-order valence-corrected chi connectivity index (χ2v) is 5.05. The summed E-state index contributed by atoms with van der Waals surface area (Å²) in [6.07, 6.45) is 0. The zero-order chi connectivity index (χ0) is 11.7. The molecule has 0 spiro atoms. The number of fused-ring (bicyclic) bond motifs is 1. The van der Waals surface area contributed by atoms with Gasteiger partial charge in [-0.05, 0) is 25.1 Å². The number of hydrogen-bond acceptors (Lipinski definition) is 3. The number of rotatable bonds is 2. The summed E-state index contributed by atoms with van der Waals surface area (Å²) in [5.41, 5.74) is 7.11. The standard InChI is InChI=1S/C11H13FN2OS/c1-7-11(15)14(5-4-12)9-3-2-8(13)6-10(9)16-7/h2-3,6-7H,4-5,13H2,1H3. The van der Waals surface area contributed by atoms with E-state index in [-0.39, 0.29) is 17.7 Å². The number of benzene rings is 1. The minimum absolute atomic E-state index is 0.0417. The van der Waals surface area contributed by atoms with Crippen molar-refractivity contribution in [2.24, 2.45) is 0 Å².